The molecule has 0 atom stereocenters. The van der Waals surface area contributed by atoms with E-state index in [-0.39, 0.29) is 10.8 Å². The molecule has 0 spiro atoms. The Balaban J connectivity index is 1.88. The van der Waals surface area contributed by atoms with E-state index in [1.165, 1.54) is 6.26 Å². The quantitative estimate of drug-likeness (QED) is 0.749. The second-order valence-corrected chi connectivity index (χ2v) is 8.10. The topological polar surface area (TPSA) is 63.2 Å². The summed E-state index contributed by atoms with van der Waals surface area (Å²) >= 11 is 0. The zero-order valence-corrected chi connectivity index (χ0v) is 15.4. The van der Waals surface area contributed by atoms with E-state index in [9.17, 15) is 13.2 Å². The summed E-state index contributed by atoms with van der Waals surface area (Å²) < 4.78 is 23.9. The summed E-state index contributed by atoms with van der Waals surface area (Å²) in [4.78, 5) is 12.7. The Morgan fingerprint density at radius 1 is 0.846 bits per heavy atom. The lowest BCUT2D eigenvalue weighted by molar-refractivity contribution is 0.102. The van der Waals surface area contributed by atoms with E-state index < -0.39 is 9.84 Å². The van der Waals surface area contributed by atoms with Crippen LogP contribution in [0.5, 0.6) is 0 Å². The molecule has 3 rings (SSSR count). The highest BCUT2D eigenvalue weighted by atomic mass is 32.2. The number of rotatable bonds is 4. The van der Waals surface area contributed by atoms with Crippen LogP contribution in [0.4, 0.5) is 5.69 Å². The summed E-state index contributed by atoms with van der Waals surface area (Å²) in [5.74, 6) is -0.206. The molecule has 1 N–H and O–H groups in total. The number of nitrogens with one attached hydrogen (secondary N) is 1. The maximum atomic E-state index is 12.4. The van der Waals surface area contributed by atoms with Crippen LogP contribution in [0.15, 0.2) is 77.7 Å². The molecule has 26 heavy (non-hydrogen) atoms. The molecule has 5 heteroatoms. The van der Waals surface area contributed by atoms with E-state index in [0.717, 1.165) is 16.8 Å². The number of carbonyl (C=O) groups is 1. The number of hydrogen-bond acceptors (Lipinski definition) is 3. The Hall–Kier alpha value is -2.92. The van der Waals surface area contributed by atoms with Gasteiger partial charge in [-0.2, -0.15) is 0 Å². The van der Waals surface area contributed by atoms with E-state index in [2.05, 4.69) is 5.32 Å². The van der Waals surface area contributed by atoms with Crippen molar-refractivity contribution in [2.45, 2.75) is 11.8 Å². The van der Waals surface area contributed by atoms with Crippen molar-refractivity contribution in [3.63, 3.8) is 0 Å². The highest BCUT2D eigenvalue weighted by molar-refractivity contribution is 7.90. The van der Waals surface area contributed by atoms with Crippen molar-refractivity contribution in [3.05, 3.63) is 83.9 Å². The van der Waals surface area contributed by atoms with E-state index in [0.29, 0.717) is 11.1 Å². The number of benzene rings is 3. The predicted octanol–water partition coefficient (Wildman–Crippen LogP) is 4.32. The Kier molecular flexibility index (Phi) is 4.91. The highest BCUT2D eigenvalue weighted by Gasteiger charge is 2.14. The number of para-hydroxylation sites is 1. The number of amides is 1. The molecule has 0 saturated carbocycles. The van der Waals surface area contributed by atoms with Crippen molar-refractivity contribution in [1.29, 1.82) is 0 Å². The third-order valence-electron chi connectivity index (χ3n) is 4.14. The third kappa shape index (κ3) is 3.83. The summed E-state index contributed by atoms with van der Waals surface area (Å²) in [5, 5.41) is 2.89. The van der Waals surface area contributed by atoms with E-state index in [4.69, 9.17) is 0 Å². The first-order valence-electron chi connectivity index (χ1n) is 8.13. The van der Waals surface area contributed by atoms with E-state index in [1.807, 2.05) is 31.2 Å². The normalized spacial score (nSPS) is 11.2. The zero-order valence-electron chi connectivity index (χ0n) is 14.6. The lowest BCUT2D eigenvalue weighted by Gasteiger charge is -2.10. The molecule has 0 aliphatic rings. The van der Waals surface area contributed by atoms with Gasteiger partial charge in [-0.1, -0.05) is 48.5 Å². The molecule has 3 aromatic carbocycles. The number of aryl methyl sites for hydroxylation is 1. The number of hydrogen-bond donors (Lipinski definition) is 1. The molecule has 0 saturated heterocycles. The van der Waals surface area contributed by atoms with Gasteiger partial charge in [-0.05, 0) is 42.3 Å². The van der Waals surface area contributed by atoms with Crippen molar-refractivity contribution in [2.75, 3.05) is 11.6 Å². The lowest BCUT2D eigenvalue weighted by atomic mass is 10.0. The maximum Gasteiger partial charge on any atom is 0.255 e. The summed E-state index contributed by atoms with van der Waals surface area (Å²) in [6.45, 7) is 1.93. The molecule has 0 bridgehead atoms. The monoisotopic (exact) mass is 365 g/mol. The van der Waals surface area contributed by atoms with Gasteiger partial charge in [0, 0.05) is 23.1 Å². The van der Waals surface area contributed by atoms with Crippen LogP contribution in [0, 0.1) is 6.92 Å². The first-order chi connectivity index (χ1) is 12.4. The Labute approximate surface area is 153 Å². The standard InChI is InChI=1S/C21H19NO3S/c1-15-7-3-5-9-19(15)22-21(23)17-13-11-16(12-14-17)18-8-4-6-10-20(18)26(2,24)25/h3-14H,1-2H3,(H,22,23). The van der Waals surface area contributed by atoms with Gasteiger partial charge in [0.15, 0.2) is 9.84 Å². The molecule has 0 aliphatic carbocycles. The molecule has 1 amide bonds. The summed E-state index contributed by atoms with van der Waals surface area (Å²) in [6, 6.07) is 21.3. The van der Waals surface area contributed by atoms with Gasteiger partial charge in [0.05, 0.1) is 4.90 Å². The molecule has 0 unspecified atom stereocenters. The van der Waals surface area contributed by atoms with Crippen LogP contribution in [0.2, 0.25) is 0 Å². The minimum atomic E-state index is -3.33. The van der Waals surface area contributed by atoms with Crippen molar-refractivity contribution < 1.29 is 13.2 Å². The number of anilines is 1. The van der Waals surface area contributed by atoms with Crippen LogP contribution in [0.25, 0.3) is 11.1 Å². The van der Waals surface area contributed by atoms with Crippen LogP contribution >= 0.6 is 0 Å². The van der Waals surface area contributed by atoms with E-state index >= 15 is 0 Å². The first kappa shape index (κ1) is 17.9. The van der Waals surface area contributed by atoms with Crippen LogP contribution in [0.3, 0.4) is 0 Å². The average molecular weight is 365 g/mol. The summed E-state index contributed by atoms with van der Waals surface area (Å²) in [7, 11) is -3.33. The minimum absolute atomic E-state index is 0.206. The van der Waals surface area contributed by atoms with Crippen molar-refractivity contribution >= 4 is 21.4 Å². The second-order valence-electron chi connectivity index (χ2n) is 6.11. The number of carbonyl (C=O) groups excluding carboxylic acids is 1. The molecule has 0 fully saturated rings. The van der Waals surface area contributed by atoms with E-state index in [1.54, 1.807) is 48.5 Å². The fraction of sp³-hybridized carbons (Fsp3) is 0.0952. The Morgan fingerprint density at radius 2 is 1.46 bits per heavy atom. The van der Waals surface area contributed by atoms with Gasteiger partial charge in [-0.15, -0.1) is 0 Å². The molecule has 4 nitrogen and oxygen atoms in total. The van der Waals surface area contributed by atoms with Gasteiger partial charge in [0.25, 0.3) is 5.91 Å². The zero-order chi connectivity index (χ0) is 18.7. The predicted molar refractivity (Wildman–Crippen MR) is 104 cm³/mol. The molecular formula is C21H19NO3S. The lowest BCUT2D eigenvalue weighted by Crippen LogP contribution is -2.12. The fourth-order valence-electron chi connectivity index (χ4n) is 2.74. The smallest absolute Gasteiger partial charge is 0.255 e. The molecule has 132 valence electrons. The molecule has 0 aliphatic heterocycles. The first-order valence-corrected chi connectivity index (χ1v) is 10.0. The third-order valence-corrected chi connectivity index (χ3v) is 5.29. The average Bonchev–Trinajstić information content (AvgIpc) is 2.63. The Morgan fingerprint density at radius 3 is 2.12 bits per heavy atom. The molecule has 0 aromatic heterocycles. The van der Waals surface area contributed by atoms with Crippen molar-refractivity contribution in [3.8, 4) is 11.1 Å². The molecule has 0 heterocycles. The van der Waals surface area contributed by atoms with Gasteiger partial charge in [-0.3, -0.25) is 4.79 Å². The van der Waals surface area contributed by atoms with Crippen molar-refractivity contribution in [2.24, 2.45) is 0 Å². The van der Waals surface area contributed by atoms with Crippen LogP contribution in [-0.2, 0) is 9.84 Å². The van der Waals surface area contributed by atoms with Crippen LogP contribution < -0.4 is 5.32 Å². The highest BCUT2D eigenvalue weighted by Crippen LogP contribution is 2.27. The fourth-order valence-corrected chi connectivity index (χ4v) is 3.65. The second kappa shape index (κ2) is 7.14. The van der Waals surface area contributed by atoms with Gasteiger partial charge in [0.1, 0.15) is 0 Å². The molecule has 0 radical (unpaired) electrons. The van der Waals surface area contributed by atoms with Gasteiger partial charge in [-0.25, -0.2) is 8.42 Å². The summed E-state index contributed by atoms with van der Waals surface area (Å²) in [6.07, 6.45) is 1.19. The van der Waals surface area contributed by atoms with Crippen molar-refractivity contribution in [1.82, 2.24) is 0 Å². The maximum absolute atomic E-state index is 12.4. The molecule has 3 aromatic rings. The van der Waals surface area contributed by atoms with Gasteiger partial charge in [0.2, 0.25) is 0 Å². The van der Waals surface area contributed by atoms with Gasteiger partial charge >= 0.3 is 0 Å². The van der Waals surface area contributed by atoms with Crippen LogP contribution in [-0.4, -0.2) is 20.6 Å². The number of sulfone groups is 1. The van der Waals surface area contributed by atoms with Gasteiger partial charge < -0.3 is 5.32 Å². The molecular weight excluding hydrogens is 346 g/mol. The summed E-state index contributed by atoms with van der Waals surface area (Å²) in [5.41, 5.74) is 3.64. The Bertz CT molecular complexity index is 1050. The SMILES string of the molecule is Cc1ccccc1NC(=O)c1ccc(-c2ccccc2S(C)(=O)=O)cc1. The minimum Gasteiger partial charge on any atom is -0.322 e. The van der Waals surface area contributed by atoms with Crippen LogP contribution in [0.1, 0.15) is 15.9 Å². The largest absolute Gasteiger partial charge is 0.322 e.